The molecule has 0 fully saturated rings. The first-order chi connectivity index (χ1) is 9.54. The lowest BCUT2D eigenvalue weighted by Gasteiger charge is -2.20. The van der Waals surface area contributed by atoms with Crippen LogP contribution in [0.4, 0.5) is 4.39 Å². The third-order valence-electron chi connectivity index (χ3n) is 3.16. The zero-order valence-electron chi connectivity index (χ0n) is 11.4. The molecule has 0 saturated carbocycles. The second kappa shape index (κ2) is 6.70. The van der Waals surface area contributed by atoms with Crippen molar-refractivity contribution < 1.29 is 4.39 Å². The fraction of sp³-hybridized carbons (Fsp3) is 0.250. The minimum Gasteiger partial charge on any atom is -0.306 e. The van der Waals surface area contributed by atoms with Gasteiger partial charge in [0.05, 0.1) is 11.1 Å². The summed E-state index contributed by atoms with van der Waals surface area (Å²) in [6.45, 7) is 4.77. The molecule has 1 N–H and O–H groups in total. The van der Waals surface area contributed by atoms with E-state index in [0.717, 1.165) is 17.7 Å². The van der Waals surface area contributed by atoms with Crippen LogP contribution >= 0.6 is 27.5 Å². The smallest absolute Gasteiger partial charge is 0.148 e. The summed E-state index contributed by atoms with van der Waals surface area (Å²) < 4.78 is 15.0. The van der Waals surface area contributed by atoms with Gasteiger partial charge in [-0.2, -0.15) is 0 Å². The SMILES string of the molecule is CCNC(c1cccc(C)c1)c1ccc(Br)c(Cl)c1F. The van der Waals surface area contributed by atoms with Gasteiger partial charge in [0, 0.05) is 10.0 Å². The van der Waals surface area contributed by atoms with Crippen LogP contribution in [0.3, 0.4) is 0 Å². The average Bonchev–Trinajstić information content (AvgIpc) is 2.43. The molecule has 0 radical (unpaired) electrons. The molecule has 1 unspecified atom stereocenters. The highest BCUT2D eigenvalue weighted by Gasteiger charge is 2.20. The molecule has 0 aliphatic carbocycles. The van der Waals surface area contributed by atoms with Gasteiger partial charge < -0.3 is 5.32 Å². The number of halogens is 3. The lowest BCUT2D eigenvalue weighted by atomic mass is 9.97. The maximum absolute atomic E-state index is 14.4. The Labute approximate surface area is 132 Å². The summed E-state index contributed by atoms with van der Waals surface area (Å²) >= 11 is 9.24. The van der Waals surface area contributed by atoms with Gasteiger partial charge in [0.15, 0.2) is 0 Å². The molecule has 0 aliphatic rings. The van der Waals surface area contributed by atoms with E-state index >= 15 is 0 Å². The number of nitrogens with one attached hydrogen (secondary N) is 1. The average molecular weight is 357 g/mol. The van der Waals surface area contributed by atoms with Crippen molar-refractivity contribution in [3.63, 3.8) is 0 Å². The summed E-state index contributed by atoms with van der Waals surface area (Å²) in [4.78, 5) is 0. The first kappa shape index (κ1) is 15.5. The zero-order valence-corrected chi connectivity index (χ0v) is 13.7. The van der Waals surface area contributed by atoms with Gasteiger partial charge in [-0.1, -0.05) is 54.4 Å². The summed E-state index contributed by atoms with van der Waals surface area (Å²) in [6.07, 6.45) is 0. The van der Waals surface area contributed by atoms with Crippen LogP contribution in [0.15, 0.2) is 40.9 Å². The van der Waals surface area contributed by atoms with Crippen LogP contribution in [-0.2, 0) is 0 Å². The Kier molecular flexibility index (Phi) is 5.19. The normalized spacial score (nSPS) is 12.4. The monoisotopic (exact) mass is 355 g/mol. The molecule has 20 heavy (non-hydrogen) atoms. The molecular formula is C16H16BrClFN. The van der Waals surface area contributed by atoms with Gasteiger partial charge in [0.2, 0.25) is 0 Å². The van der Waals surface area contributed by atoms with E-state index in [9.17, 15) is 4.39 Å². The maximum atomic E-state index is 14.4. The van der Waals surface area contributed by atoms with Crippen molar-refractivity contribution >= 4 is 27.5 Å². The quantitative estimate of drug-likeness (QED) is 0.738. The van der Waals surface area contributed by atoms with Crippen molar-refractivity contribution in [1.82, 2.24) is 5.32 Å². The largest absolute Gasteiger partial charge is 0.306 e. The van der Waals surface area contributed by atoms with Crippen LogP contribution in [0.1, 0.15) is 29.7 Å². The summed E-state index contributed by atoms with van der Waals surface area (Å²) in [5.74, 6) is -0.381. The Morgan fingerprint density at radius 2 is 2.05 bits per heavy atom. The molecule has 0 aromatic heterocycles. The summed E-state index contributed by atoms with van der Waals surface area (Å²) in [5, 5.41) is 3.44. The van der Waals surface area contributed by atoms with Crippen LogP contribution in [0.5, 0.6) is 0 Å². The van der Waals surface area contributed by atoms with Crippen LogP contribution < -0.4 is 5.32 Å². The van der Waals surface area contributed by atoms with Crippen molar-refractivity contribution in [2.75, 3.05) is 6.54 Å². The maximum Gasteiger partial charge on any atom is 0.148 e. The molecule has 0 saturated heterocycles. The molecule has 0 aliphatic heterocycles. The van der Waals surface area contributed by atoms with Crippen molar-refractivity contribution in [3.05, 3.63) is 68.4 Å². The van der Waals surface area contributed by atoms with E-state index in [1.807, 2.05) is 32.0 Å². The Balaban J connectivity index is 2.51. The molecule has 1 nitrogen and oxygen atoms in total. The molecule has 4 heteroatoms. The van der Waals surface area contributed by atoms with E-state index < -0.39 is 0 Å². The minimum atomic E-state index is -0.381. The number of hydrogen-bond donors (Lipinski definition) is 1. The number of benzene rings is 2. The van der Waals surface area contributed by atoms with Gasteiger partial charge >= 0.3 is 0 Å². The first-order valence-electron chi connectivity index (χ1n) is 6.48. The Morgan fingerprint density at radius 3 is 2.70 bits per heavy atom. The van der Waals surface area contributed by atoms with E-state index in [2.05, 4.69) is 27.3 Å². The van der Waals surface area contributed by atoms with Gasteiger partial charge in [-0.15, -0.1) is 0 Å². The zero-order chi connectivity index (χ0) is 14.7. The highest BCUT2D eigenvalue weighted by Crippen LogP contribution is 2.33. The minimum absolute atomic E-state index is 0.123. The second-order valence-electron chi connectivity index (χ2n) is 4.67. The predicted molar refractivity (Wildman–Crippen MR) is 85.8 cm³/mol. The summed E-state index contributed by atoms with van der Waals surface area (Å²) in [5.41, 5.74) is 2.74. The highest BCUT2D eigenvalue weighted by atomic mass is 79.9. The summed E-state index contributed by atoms with van der Waals surface area (Å²) in [7, 11) is 0. The molecule has 2 aromatic rings. The van der Waals surface area contributed by atoms with Crippen LogP contribution in [-0.4, -0.2) is 6.54 Å². The molecule has 0 bridgehead atoms. The van der Waals surface area contributed by atoms with Crippen LogP contribution in [0.2, 0.25) is 5.02 Å². The predicted octanol–water partition coefficient (Wildman–Crippen LogP) is 5.25. The van der Waals surface area contributed by atoms with Gasteiger partial charge in [0.25, 0.3) is 0 Å². The highest BCUT2D eigenvalue weighted by molar-refractivity contribution is 9.10. The van der Waals surface area contributed by atoms with Crippen LogP contribution in [0, 0.1) is 12.7 Å². The fourth-order valence-corrected chi connectivity index (χ4v) is 2.70. The molecule has 2 rings (SSSR count). The van der Waals surface area contributed by atoms with Crippen molar-refractivity contribution in [2.45, 2.75) is 19.9 Å². The third-order valence-corrected chi connectivity index (χ3v) is 4.42. The van der Waals surface area contributed by atoms with Gasteiger partial charge in [-0.25, -0.2) is 4.39 Å². The number of aryl methyl sites for hydroxylation is 1. The lowest BCUT2D eigenvalue weighted by Crippen LogP contribution is -2.23. The van der Waals surface area contributed by atoms with Gasteiger partial charge in [-0.05, 0) is 41.0 Å². The molecule has 106 valence electrons. The molecule has 0 spiro atoms. The topological polar surface area (TPSA) is 12.0 Å². The van der Waals surface area contributed by atoms with E-state index in [4.69, 9.17) is 11.6 Å². The Bertz CT molecular complexity index is 615. The number of rotatable bonds is 4. The molecule has 0 amide bonds. The van der Waals surface area contributed by atoms with Gasteiger partial charge in [-0.3, -0.25) is 0 Å². The van der Waals surface area contributed by atoms with E-state index in [-0.39, 0.29) is 16.9 Å². The molecule has 1 atom stereocenters. The van der Waals surface area contributed by atoms with E-state index in [0.29, 0.717) is 10.0 Å². The van der Waals surface area contributed by atoms with Crippen LogP contribution in [0.25, 0.3) is 0 Å². The van der Waals surface area contributed by atoms with Crippen molar-refractivity contribution in [1.29, 1.82) is 0 Å². The van der Waals surface area contributed by atoms with Crippen molar-refractivity contribution in [2.24, 2.45) is 0 Å². The molecular weight excluding hydrogens is 341 g/mol. The number of hydrogen-bond acceptors (Lipinski definition) is 1. The summed E-state index contributed by atoms with van der Waals surface area (Å²) in [6, 6.07) is 11.4. The van der Waals surface area contributed by atoms with Crippen molar-refractivity contribution in [3.8, 4) is 0 Å². The Hall–Kier alpha value is -0.900. The fourth-order valence-electron chi connectivity index (χ4n) is 2.22. The first-order valence-corrected chi connectivity index (χ1v) is 7.65. The van der Waals surface area contributed by atoms with E-state index in [1.54, 1.807) is 12.1 Å². The third kappa shape index (κ3) is 3.22. The lowest BCUT2D eigenvalue weighted by molar-refractivity contribution is 0.558. The standard InChI is InChI=1S/C16H16BrClFN/c1-3-20-16(11-6-4-5-10(2)9-11)12-7-8-13(17)14(18)15(12)19/h4-9,16,20H,3H2,1-2H3. The molecule has 0 heterocycles. The Morgan fingerprint density at radius 1 is 1.30 bits per heavy atom. The van der Waals surface area contributed by atoms with E-state index in [1.165, 1.54) is 0 Å². The molecule has 2 aromatic carbocycles. The second-order valence-corrected chi connectivity index (χ2v) is 5.90. The van der Waals surface area contributed by atoms with Gasteiger partial charge in [0.1, 0.15) is 5.82 Å².